The van der Waals surface area contributed by atoms with Crippen molar-refractivity contribution in [3.05, 3.63) is 10.6 Å². The van der Waals surface area contributed by atoms with E-state index in [-0.39, 0.29) is 5.92 Å². The van der Waals surface area contributed by atoms with E-state index in [1.54, 1.807) is 0 Å². The van der Waals surface area contributed by atoms with Crippen LogP contribution in [0, 0.1) is 0 Å². The molecule has 1 saturated carbocycles. The minimum absolute atomic E-state index is 0.269. The molecule has 1 aliphatic carbocycles. The quantitative estimate of drug-likeness (QED) is 0.825. The molecule has 3 nitrogen and oxygen atoms in total. The lowest BCUT2D eigenvalue weighted by Gasteiger charge is -2.17. The number of rotatable bonds is 7. The third kappa shape index (κ3) is 4.85. The van der Waals surface area contributed by atoms with E-state index < -0.39 is 12.7 Å². The van der Waals surface area contributed by atoms with Crippen LogP contribution in [0.2, 0.25) is 0 Å². The molecule has 120 valence electrons. The van der Waals surface area contributed by atoms with Gasteiger partial charge >= 0.3 is 6.18 Å². The van der Waals surface area contributed by atoms with Crippen LogP contribution in [0.1, 0.15) is 49.6 Å². The molecule has 1 aromatic heterocycles. The molecule has 1 unspecified atom stereocenters. The summed E-state index contributed by atoms with van der Waals surface area (Å²) in [6.07, 6.45) is -0.886. The lowest BCUT2D eigenvalue weighted by molar-refractivity contribution is -0.119. The maximum absolute atomic E-state index is 12.5. The number of alkyl halides is 3. The molecule has 1 heterocycles. The molecule has 2 rings (SSSR count). The second-order valence-electron chi connectivity index (χ2n) is 5.74. The van der Waals surface area contributed by atoms with Gasteiger partial charge in [-0.2, -0.15) is 13.2 Å². The fraction of sp³-hybridized carbons (Fsp3) is 0.786. The van der Waals surface area contributed by atoms with Gasteiger partial charge in [0.25, 0.3) is 0 Å². The number of thiazole rings is 1. The Kier molecular flexibility index (Phi) is 5.14. The fourth-order valence-electron chi connectivity index (χ4n) is 2.08. The van der Waals surface area contributed by atoms with Crippen LogP contribution >= 0.6 is 11.3 Å². The SMILES string of the molecule is CCC(C)c1nc(N(C)CC(F)(F)F)sc1CNC1CC1. The van der Waals surface area contributed by atoms with Crippen LogP contribution in [0.15, 0.2) is 0 Å². The van der Waals surface area contributed by atoms with E-state index in [0.717, 1.165) is 17.0 Å². The zero-order chi connectivity index (χ0) is 15.6. The molecule has 1 atom stereocenters. The molecule has 0 amide bonds. The minimum atomic E-state index is -4.20. The van der Waals surface area contributed by atoms with Crippen molar-refractivity contribution < 1.29 is 13.2 Å². The molecular weight excluding hydrogens is 299 g/mol. The largest absolute Gasteiger partial charge is 0.405 e. The van der Waals surface area contributed by atoms with Crippen LogP contribution in [0.4, 0.5) is 18.3 Å². The summed E-state index contributed by atoms with van der Waals surface area (Å²) in [6.45, 7) is 3.89. The van der Waals surface area contributed by atoms with Crippen LogP contribution in [-0.2, 0) is 6.54 Å². The summed E-state index contributed by atoms with van der Waals surface area (Å²) < 4.78 is 37.5. The molecule has 0 saturated heterocycles. The van der Waals surface area contributed by atoms with E-state index in [4.69, 9.17) is 0 Å². The average molecular weight is 321 g/mol. The van der Waals surface area contributed by atoms with Crippen molar-refractivity contribution in [1.82, 2.24) is 10.3 Å². The van der Waals surface area contributed by atoms with Crippen LogP contribution < -0.4 is 10.2 Å². The lowest BCUT2D eigenvalue weighted by atomic mass is 10.0. The molecule has 1 fully saturated rings. The van der Waals surface area contributed by atoms with Gasteiger partial charge in [-0.3, -0.25) is 0 Å². The molecule has 0 aliphatic heterocycles. The number of hydrogen-bond donors (Lipinski definition) is 1. The molecule has 0 aromatic carbocycles. The Balaban J connectivity index is 2.13. The fourth-order valence-corrected chi connectivity index (χ4v) is 3.17. The molecule has 0 bridgehead atoms. The molecule has 0 radical (unpaired) electrons. The van der Waals surface area contributed by atoms with E-state index in [0.29, 0.717) is 17.7 Å². The molecular formula is C14H22F3N3S. The van der Waals surface area contributed by atoms with Gasteiger partial charge in [-0.05, 0) is 25.2 Å². The zero-order valence-electron chi connectivity index (χ0n) is 12.6. The molecule has 1 aromatic rings. The van der Waals surface area contributed by atoms with Gasteiger partial charge in [-0.1, -0.05) is 13.8 Å². The topological polar surface area (TPSA) is 28.2 Å². The zero-order valence-corrected chi connectivity index (χ0v) is 13.4. The number of aromatic nitrogens is 1. The summed E-state index contributed by atoms with van der Waals surface area (Å²) >= 11 is 1.37. The first-order valence-corrected chi connectivity index (χ1v) is 8.12. The number of anilines is 1. The van der Waals surface area contributed by atoms with Crippen molar-refractivity contribution in [2.24, 2.45) is 0 Å². The predicted octanol–water partition coefficient (Wildman–Crippen LogP) is 3.91. The first kappa shape index (κ1) is 16.5. The highest BCUT2D eigenvalue weighted by Crippen LogP contribution is 2.33. The van der Waals surface area contributed by atoms with Crippen LogP contribution in [0.25, 0.3) is 0 Å². The van der Waals surface area contributed by atoms with Gasteiger partial charge in [0.1, 0.15) is 6.54 Å². The van der Waals surface area contributed by atoms with Gasteiger partial charge < -0.3 is 10.2 Å². The monoisotopic (exact) mass is 321 g/mol. The summed E-state index contributed by atoms with van der Waals surface area (Å²) in [6, 6.07) is 0.577. The van der Waals surface area contributed by atoms with Crippen molar-refractivity contribution in [2.45, 2.75) is 57.8 Å². The van der Waals surface area contributed by atoms with Gasteiger partial charge in [-0.25, -0.2) is 4.98 Å². The Hall–Kier alpha value is -0.820. The van der Waals surface area contributed by atoms with Crippen molar-refractivity contribution >= 4 is 16.5 Å². The number of hydrogen-bond acceptors (Lipinski definition) is 4. The summed E-state index contributed by atoms with van der Waals surface area (Å²) in [5.41, 5.74) is 0.944. The summed E-state index contributed by atoms with van der Waals surface area (Å²) in [7, 11) is 1.45. The molecule has 21 heavy (non-hydrogen) atoms. The second kappa shape index (κ2) is 6.52. The summed E-state index contributed by atoms with van der Waals surface area (Å²) in [4.78, 5) is 6.73. The van der Waals surface area contributed by atoms with E-state index >= 15 is 0 Å². The van der Waals surface area contributed by atoms with Crippen LogP contribution in [0.5, 0.6) is 0 Å². The number of nitrogens with one attached hydrogen (secondary N) is 1. The van der Waals surface area contributed by atoms with Crippen molar-refractivity contribution in [1.29, 1.82) is 0 Å². The van der Waals surface area contributed by atoms with Crippen molar-refractivity contribution in [3.63, 3.8) is 0 Å². The smallest absolute Gasteiger partial charge is 0.342 e. The highest BCUT2D eigenvalue weighted by Gasteiger charge is 2.31. The Morgan fingerprint density at radius 2 is 2.10 bits per heavy atom. The number of halogens is 3. The van der Waals surface area contributed by atoms with Crippen LogP contribution in [-0.4, -0.2) is 30.8 Å². The van der Waals surface area contributed by atoms with E-state index in [2.05, 4.69) is 24.1 Å². The predicted molar refractivity (Wildman–Crippen MR) is 80.0 cm³/mol. The average Bonchev–Trinajstić information content (AvgIpc) is 3.11. The second-order valence-corrected chi connectivity index (χ2v) is 6.80. The third-order valence-corrected chi connectivity index (χ3v) is 4.85. The Bertz CT molecular complexity index is 469. The van der Waals surface area contributed by atoms with Crippen LogP contribution in [0.3, 0.4) is 0 Å². The normalized spacial score (nSPS) is 17.0. The highest BCUT2D eigenvalue weighted by atomic mass is 32.1. The highest BCUT2D eigenvalue weighted by molar-refractivity contribution is 7.15. The first-order chi connectivity index (χ1) is 9.80. The van der Waals surface area contributed by atoms with Gasteiger partial charge in [0.05, 0.1) is 5.69 Å². The minimum Gasteiger partial charge on any atom is -0.342 e. The van der Waals surface area contributed by atoms with Crippen molar-refractivity contribution in [3.8, 4) is 0 Å². The molecule has 0 spiro atoms. The number of nitrogens with zero attached hydrogens (tertiary/aromatic N) is 2. The Morgan fingerprint density at radius 3 is 2.62 bits per heavy atom. The first-order valence-electron chi connectivity index (χ1n) is 7.31. The molecule has 7 heteroatoms. The third-order valence-electron chi connectivity index (χ3n) is 3.67. The Labute approximate surface area is 127 Å². The van der Waals surface area contributed by atoms with Gasteiger partial charge in [0, 0.05) is 24.5 Å². The summed E-state index contributed by atoms with van der Waals surface area (Å²) in [5.74, 6) is 0.269. The van der Waals surface area contributed by atoms with Crippen molar-refractivity contribution in [2.75, 3.05) is 18.5 Å². The van der Waals surface area contributed by atoms with E-state index in [1.165, 1.54) is 36.1 Å². The van der Waals surface area contributed by atoms with Gasteiger partial charge in [-0.15, -0.1) is 11.3 Å². The maximum Gasteiger partial charge on any atom is 0.405 e. The van der Waals surface area contributed by atoms with E-state index in [9.17, 15) is 13.2 Å². The van der Waals surface area contributed by atoms with Gasteiger partial charge in [0.2, 0.25) is 0 Å². The lowest BCUT2D eigenvalue weighted by Crippen LogP contribution is -2.30. The Morgan fingerprint density at radius 1 is 1.43 bits per heavy atom. The standard InChI is InChI=1S/C14H22F3N3S/c1-4-9(2)12-11(7-18-10-5-6-10)21-13(19-12)20(3)8-14(15,16)17/h9-10,18H,4-8H2,1-3H3. The maximum atomic E-state index is 12.5. The summed E-state index contributed by atoms with van der Waals surface area (Å²) in [5, 5.41) is 3.88. The molecule has 1 N–H and O–H groups in total. The molecule has 1 aliphatic rings. The van der Waals surface area contributed by atoms with E-state index in [1.807, 2.05) is 0 Å². The van der Waals surface area contributed by atoms with Gasteiger partial charge in [0.15, 0.2) is 5.13 Å².